The second-order valence-electron chi connectivity index (χ2n) is 6.22. The van der Waals surface area contributed by atoms with E-state index in [0.29, 0.717) is 18.1 Å². The number of aryl methyl sites for hydroxylation is 1. The topological polar surface area (TPSA) is 122 Å². The molecule has 0 bridgehead atoms. The summed E-state index contributed by atoms with van der Waals surface area (Å²) in [4.78, 5) is 21.4. The van der Waals surface area contributed by atoms with Gasteiger partial charge in [0.15, 0.2) is 17.3 Å². The maximum atomic E-state index is 11.3. The van der Waals surface area contributed by atoms with E-state index in [4.69, 9.17) is 10.4 Å². The molecule has 0 unspecified atom stereocenters. The number of benzene rings is 1. The standard InChI is InChI=1S/C20H18N6O3S/c1-3-26-15-10-16(22-11-14(15)23-20(26)18-19(21)25-29-24-18)30-13-6-4-5-12(9-13)7-8-17(27)28-2/h4-11H,3H2,1-2H3,(H2,21,25)/b8-7+. The van der Waals surface area contributed by atoms with E-state index in [9.17, 15) is 4.79 Å². The summed E-state index contributed by atoms with van der Waals surface area (Å²) in [5.74, 6) is 0.385. The van der Waals surface area contributed by atoms with E-state index in [0.717, 1.165) is 26.5 Å². The Hall–Kier alpha value is -3.66. The zero-order valence-corrected chi connectivity index (χ0v) is 17.1. The number of nitrogen functional groups attached to an aromatic ring is 1. The number of nitrogens with zero attached hydrogens (tertiary/aromatic N) is 5. The predicted octanol–water partition coefficient (Wildman–Crippen LogP) is 3.42. The molecule has 0 atom stereocenters. The molecule has 0 radical (unpaired) electrons. The second-order valence-corrected chi connectivity index (χ2v) is 7.31. The lowest BCUT2D eigenvalue weighted by atomic mass is 10.2. The predicted molar refractivity (Wildman–Crippen MR) is 113 cm³/mol. The molecule has 10 heteroatoms. The lowest BCUT2D eigenvalue weighted by molar-refractivity contribution is -0.134. The van der Waals surface area contributed by atoms with Gasteiger partial charge in [-0.3, -0.25) is 0 Å². The van der Waals surface area contributed by atoms with Gasteiger partial charge in [0, 0.05) is 17.5 Å². The van der Waals surface area contributed by atoms with Crippen LogP contribution in [0.15, 0.2) is 57.2 Å². The first-order valence-electron chi connectivity index (χ1n) is 9.07. The fourth-order valence-corrected chi connectivity index (χ4v) is 3.81. The molecule has 3 aromatic heterocycles. The maximum Gasteiger partial charge on any atom is 0.330 e. The van der Waals surface area contributed by atoms with Crippen LogP contribution in [-0.4, -0.2) is 37.9 Å². The fraction of sp³-hybridized carbons (Fsp3) is 0.150. The Morgan fingerprint density at radius 1 is 1.33 bits per heavy atom. The number of pyridine rings is 1. The molecular weight excluding hydrogens is 404 g/mol. The van der Waals surface area contributed by atoms with Crippen molar-refractivity contribution in [3.05, 3.63) is 48.2 Å². The summed E-state index contributed by atoms with van der Waals surface area (Å²) in [6.07, 6.45) is 4.82. The molecule has 30 heavy (non-hydrogen) atoms. The Kier molecular flexibility index (Phi) is 5.48. The minimum atomic E-state index is -0.397. The van der Waals surface area contributed by atoms with E-state index in [1.54, 1.807) is 12.3 Å². The smallest absolute Gasteiger partial charge is 0.330 e. The Morgan fingerprint density at radius 3 is 2.93 bits per heavy atom. The zero-order valence-electron chi connectivity index (χ0n) is 16.3. The molecule has 0 saturated carbocycles. The molecule has 2 N–H and O–H groups in total. The maximum absolute atomic E-state index is 11.3. The molecule has 1 aromatic carbocycles. The highest BCUT2D eigenvalue weighted by Crippen LogP contribution is 2.31. The second kappa shape index (κ2) is 8.37. The van der Waals surface area contributed by atoms with Gasteiger partial charge in [-0.1, -0.05) is 23.9 Å². The van der Waals surface area contributed by atoms with Gasteiger partial charge in [0.2, 0.25) is 0 Å². The number of carbonyl (C=O) groups excluding carboxylic acids is 1. The van der Waals surface area contributed by atoms with E-state index in [1.165, 1.54) is 24.9 Å². The molecule has 0 aliphatic rings. The van der Waals surface area contributed by atoms with Gasteiger partial charge in [0.25, 0.3) is 0 Å². The molecular formula is C20H18N6O3S. The van der Waals surface area contributed by atoms with E-state index in [-0.39, 0.29) is 5.82 Å². The third kappa shape index (κ3) is 3.90. The minimum Gasteiger partial charge on any atom is -0.466 e. The Bertz CT molecular complexity index is 1250. The van der Waals surface area contributed by atoms with Crippen LogP contribution in [0.2, 0.25) is 0 Å². The summed E-state index contributed by atoms with van der Waals surface area (Å²) >= 11 is 1.51. The van der Waals surface area contributed by atoms with Crippen LogP contribution < -0.4 is 5.73 Å². The van der Waals surface area contributed by atoms with Gasteiger partial charge in [-0.05, 0) is 47.1 Å². The number of rotatable bonds is 6. The average Bonchev–Trinajstić information content (AvgIpc) is 3.34. The number of anilines is 1. The summed E-state index contributed by atoms with van der Waals surface area (Å²) in [7, 11) is 1.35. The molecule has 4 rings (SSSR count). The minimum absolute atomic E-state index is 0.194. The van der Waals surface area contributed by atoms with Gasteiger partial charge in [-0.15, -0.1) is 0 Å². The van der Waals surface area contributed by atoms with E-state index < -0.39 is 5.97 Å². The molecule has 9 nitrogen and oxygen atoms in total. The van der Waals surface area contributed by atoms with Crippen molar-refractivity contribution in [1.29, 1.82) is 0 Å². The summed E-state index contributed by atoms with van der Waals surface area (Å²) in [5.41, 5.74) is 8.78. The third-order valence-corrected chi connectivity index (χ3v) is 5.27. The molecule has 4 aromatic rings. The van der Waals surface area contributed by atoms with Crippen LogP contribution in [0.4, 0.5) is 5.82 Å². The lowest BCUT2D eigenvalue weighted by Gasteiger charge is -2.05. The fourth-order valence-electron chi connectivity index (χ4n) is 2.95. The number of imidazole rings is 1. The van der Waals surface area contributed by atoms with Crippen LogP contribution in [-0.2, 0) is 16.1 Å². The first-order valence-corrected chi connectivity index (χ1v) is 9.89. The highest BCUT2D eigenvalue weighted by atomic mass is 32.2. The van der Waals surface area contributed by atoms with Gasteiger partial charge in [-0.2, -0.15) is 0 Å². The van der Waals surface area contributed by atoms with E-state index in [2.05, 4.69) is 25.0 Å². The van der Waals surface area contributed by atoms with Gasteiger partial charge >= 0.3 is 5.97 Å². The summed E-state index contributed by atoms with van der Waals surface area (Å²) in [5, 5.41) is 8.31. The highest BCUT2D eigenvalue weighted by molar-refractivity contribution is 7.99. The van der Waals surface area contributed by atoms with Crippen LogP contribution in [0.25, 0.3) is 28.6 Å². The number of hydrogen-bond donors (Lipinski definition) is 1. The van der Waals surface area contributed by atoms with Gasteiger partial charge < -0.3 is 15.0 Å². The number of methoxy groups -OCH3 is 1. The largest absolute Gasteiger partial charge is 0.466 e. The lowest BCUT2D eigenvalue weighted by Crippen LogP contribution is -2.00. The van der Waals surface area contributed by atoms with Crippen molar-refractivity contribution < 1.29 is 14.2 Å². The van der Waals surface area contributed by atoms with Crippen LogP contribution in [0.3, 0.4) is 0 Å². The summed E-state index contributed by atoms with van der Waals surface area (Å²) in [6.45, 7) is 2.68. The van der Waals surface area contributed by atoms with Crippen molar-refractivity contribution in [3.8, 4) is 11.5 Å². The molecule has 3 heterocycles. The zero-order chi connectivity index (χ0) is 21.1. The van der Waals surface area contributed by atoms with E-state index >= 15 is 0 Å². The number of aromatic nitrogens is 5. The molecule has 0 saturated heterocycles. The number of nitrogens with two attached hydrogens (primary N) is 1. The van der Waals surface area contributed by atoms with Crippen LogP contribution >= 0.6 is 11.8 Å². The quantitative estimate of drug-likeness (QED) is 0.368. The van der Waals surface area contributed by atoms with Crippen molar-refractivity contribution in [2.75, 3.05) is 12.8 Å². The molecule has 0 aliphatic carbocycles. The third-order valence-electron chi connectivity index (χ3n) is 4.35. The van der Waals surface area contributed by atoms with Gasteiger partial charge in [0.1, 0.15) is 10.5 Å². The highest BCUT2D eigenvalue weighted by Gasteiger charge is 2.19. The summed E-state index contributed by atoms with van der Waals surface area (Å²) < 4.78 is 11.3. The molecule has 0 amide bonds. The molecule has 0 fully saturated rings. The van der Waals surface area contributed by atoms with Crippen molar-refractivity contribution in [2.24, 2.45) is 0 Å². The monoisotopic (exact) mass is 422 g/mol. The normalized spacial score (nSPS) is 11.4. The van der Waals surface area contributed by atoms with Crippen molar-refractivity contribution in [2.45, 2.75) is 23.4 Å². The van der Waals surface area contributed by atoms with Crippen molar-refractivity contribution in [3.63, 3.8) is 0 Å². The van der Waals surface area contributed by atoms with Gasteiger partial charge in [-0.25, -0.2) is 19.4 Å². The molecule has 152 valence electrons. The number of fused-ring (bicyclic) bond motifs is 1. The Balaban J connectivity index is 1.65. The van der Waals surface area contributed by atoms with Crippen LogP contribution in [0.1, 0.15) is 12.5 Å². The van der Waals surface area contributed by atoms with Crippen molar-refractivity contribution >= 4 is 40.7 Å². The van der Waals surface area contributed by atoms with E-state index in [1.807, 2.05) is 41.8 Å². The molecule has 0 spiro atoms. The SMILES string of the molecule is CCn1c(-c2nonc2N)nc2cnc(Sc3cccc(/C=C/C(=O)OC)c3)cc21. The number of esters is 1. The molecule has 0 aliphatic heterocycles. The van der Waals surface area contributed by atoms with Crippen LogP contribution in [0, 0.1) is 0 Å². The number of ether oxygens (including phenoxy) is 1. The first-order chi connectivity index (χ1) is 14.6. The van der Waals surface area contributed by atoms with Gasteiger partial charge in [0.05, 0.1) is 18.8 Å². The first kappa shape index (κ1) is 19.6. The average molecular weight is 422 g/mol. The number of carbonyl (C=O) groups is 1. The number of hydrogen-bond acceptors (Lipinski definition) is 9. The Labute approximate surface area is 175 Å². The van der Waals surface area contributed by atoms with Crippen LogP contribution in [0.5, 0.6) is 0 Å². The Morgan fingerprint density at radius 2 is 2.20 bits per heavy atom. The summed E-state index contributed by atoms with van der Waals surface area (Å²) in [6, 6.07) is 9.76. The van der Waals surface area contributed by atoms with Crippen molar-refractivity contribution in [1.82, 2.24) is 24.8 Å².